The van der Waals surface area contributed by atoms with Gasteiger partial charge in [0, 0.05) is 0 Å². The number of aryl methyl sites for hydroxylation is 1. The summed E-state index contributed by atoms with van der Waals surface area (Å²) in [6.45, 7) is 5.59. The molecule has 0 amide bonds. The highest BCUT2D eigenvalue weighted by atomic mass is 32.1. The summed E-state index contributed by atoms with van der Waals surface area (Å²) in [5, 5.41) is 4.29. The van der Waals surface area contributed by atoms with Crippen molar-refractivity contribution >= 4 is 11.3 Å². The van der Waals surface area contributed by atoms with Crippen LogP contribution in [0.3, 0.4) is 0 Å². The van der Waals surface area contributed by atoms with Gasteiger partial charge in [0.1, 0.15) is 0 Å². The molecule has 1 atom stereocenters. The molecule has 1 rings (SSSR count). The highest BCUT2D eigenvalue weighted by Gasteiger charge is 2.00. The van der Waals surface area contributed by atoms with Crippen molar-refractivity contribution < 1.29 is 4.74 Å². The summed E-state index contributed by atoms with van der Waals surface area (Å²) in [6, 6.07) is 2.16. The second-order valence-electron chi connectivity index (χ2n) is 2.78. The lowest BCUT2D eigenvalue weighted by Crippen LogP contribution is -2.04. The van der Waals surface area contributed by atoms with Crippen molar-refractivity contribution in [1.29, 1.82) is 0 Å². The topological polar surface area (TPSA) is 9.23 Å². The summed E-state index contributed by atoms with van der Waals surface area (Å²) >= 11 is 1.74. The van der Waals surface area contributed by atoms with E-state index in [-0.39, 0.29) is 6.10 Å². The van der Waals surface area contributed by atoms with Crippen LogP contribution in [-0.4, -0.2) is 6.10 Å². The van der Waals surface area contributed by atoms with Crippen molar-refractivity contribution in [1.82, 2.24) is 0 Å². The van der Waals surface area contributed by atoms with Gasteiger partial charge in [0.15, 0.2) is 0 Å². The smallest absolute Gasteiger partial charge is 0.0953 e. The molecule has 1 nitrogen and oxygen atoms in total. The molecule has 2 heteroatoms. The summed E-state index contributed by atoms with van der Waals surface area (Å²) in [4.78, 5) is 0. The minimum Gasteiger partial charge on any atom is -0.499 e. The van der Waals surface area contributed by atoms with Crippen molar-refractivity contribution in [3.63, 3.8) is 0 Å². The van der Waals surface area contributed by atoms with Crippen molar-refractivity contribution in [2.24, 2.45) is 0 Å². The lowest BCUT2D eigenvalue weighted by molar-refractivity contribution is 0.154. The first-order valence-corrected chi connectivity index (χ1v) is 5.04. The predicted molar refractivity (Wildman–Crippen MR) is 53.4 cm³/mol. The Morgan fingerprint density at radius 2 is 2.58 bits per heavy atom. The summed E-state index contributed by atoms with van der Waals surface area (Å²) in [5.74, 6) is 0. The summed E-state index contributed by atoms with van der Waals surface area (Å²) in [5.41, 5.74) is 1.40. The van der Waals surface area contributed by atoms with Gasteiger partial charge in [-0.25, -0.2) is 0 Å². The van der Waals surface area contributed by atoms with Crippen LogP contribution in [0.25, 0.3) is 0 Å². The van der Waals surface area contributed by atoms with Crippen LogP contribution in [0.4, 0.5) is 0 Å². The Morgan fingerprint density at radius 1 is 1.75 bits per heavy atom. The van der Waals surface area contributed by atoms with Gasteiger partial charge in [-0.05, 0) is 42.2 Å². The predicted octanol–water partition coefficient (Wildman–Crippen LogP) is 3.23. The van der Waals surface area contributed by atoms with Gasteiger partial charge in [0.05, 0.1) is 12.4 Å². The van der Waals surface area contributed by atoms with Crippen molar-refractivity contribution in [2.45, 2.75) is 25.9 Å². The second kappa shape index (κ2) is 4.99. The summed E-state index contributed by atoms with van der Waals surface area (Å²) < 4.78 is 5.21. The molecule has 0 aliphatic rings. The maximum absolute atomic E-state index is 5.21. The number of ether oxygens (including phenoxy) is 1. The summed E-state index contributed by atoms with van der Waals surface area (Å²) in [6.07, 6.45) is 3.95. The molecule has 1 aromatic rings. The molecule has 0 radical (unpaired) electrons. The Kier molecular flexibility index (Phi) is 3.88. The van der Waals surface area contributed by atoms with Crippen LogP contribution in [-0.2, 0) is 11.2 Å². The van der Waals surface area contributed by atoms with E-state index in [9.17, 15) is 0 Å². The quantitative estimate of drug-likeness (QED) is 0.635. The maximum atomic E-state index is 5.21. The Labute approximate surface area is 77.7 Å². The molecule has 0 aliphatic heterocycles. The normalized spacial score (nSPS) is 12.4. The maximum Gasteiger partial charge on any atom is 0.0953 e. The fourth-order valence-electron chi connectivity index (χ4n) is 1.04. The van der Waals surface area contributed by atoms with E-state index in [0.717, 1.165) is 12.8 Å². The second-order valence-corrected chi connectivity index (χ2v) is 3.56. The third-order valence-electron chi connectivity index (χ3n) is 1.75. The van der Waals surface area contributed by atoms with Crippen molar-refractivity contribution in [2.75, 3.05) is 0 Å². The van der Waals surface area contributed by atoms with Gasteiger partial charge < -0.3 is 4.74 Å². The standard InChI is InChI=1S/C10H14OS/c1-3-11-9(2)4-5-10-6-7-12-8-10/h3,6-9H,1,4-5H2,2H3. The number of rotatable bonds is 5. The van der Waals surface area contributed by atoms with Crippen LogP contribution < -0.4 is 0 Å². The van der Waals surface area contributed by atoms with Crippen molar-refractivity contribution in [3.05, 3.63) is 35.2 Å². The summed E-state index contributed by atoms with van der Waals surface area (Å²) in [7, 11) is 0. The SMILES string of the molecule is C=COC(C)CCc1ccsc1. The Bertz CT molecular complexity index is 216. The van der Waals surface area contributed by atoms with E-state index in [1.165, 1.54) is 11.8 Å². The Hall–Kier alpha value is -0.760. The fourth-order valence-corrected chi connectivity index (χ4v) is 1.74. The molecule has 0 bridgehead atoms. The van der Waals surface area contributed by atoms with Crippen LogP contribution in [0, 0.1) is 0 Å². The molecule has 0 saturated heterocycles. The van der Waals surface area contributed by atoms with Crippen LogP contribution in [0.1, 0.15) is 18.9 Å². The third kappa shape index (κ3) is 3.09. The Morgan fingerprint density at radius 3 is 3.17 bits per heavy atom. The molecule has 1 heterocycles. The van der Waals surface area contributed by atoms with Gasteiger partial charge in [-0.1, -0.05) is 6.58 Å². The molecule has 0 aliphatic carbocycles. The molecule has 1 unspecified atom stereocenters. The van der Waals surface area contributed by atoms with Gasteiger partial charge in [-0.2, -0.15) is 11.3 Å². The van der Waals surface area contributed by atoms with Gasteiger partial charge in [0.2, 0.25) is 0 Å². The Balaban J connectivity index is 2.21. The van der Waals surface area contributed by atoms with E-state index < -0.39 is 0 Å². The van der Waals surface area contributed by atoms with Crippen molar-refractivity contribution in [3.8, 4) is 0 Å². The molecule has 0 saturated carbocycles. The van der Waals surface area contributed by atoms with Gasteiger partial charge >= 0.3 is 0 Å². The average Bonchev–Trinajstić information content (AvgIpc) is 2.53. The first-order chi connectivity index (χ1) is 5.83. The zero-order chi connectivity index (χ0) is 8.81. The van der Waals surface area contributed by atoms with Crippen LogP contribution >= 0.6 is 11.3 Å². The molecule has 0 fully saturated rings. The molecular formula is C10H14OS. The number of hydrogen-bond donors (Lipinski definition) is 0. The molecular weight excluding hydrogens is 168 g/mol. The highest BCUT2D eigenvalue weighted by molar-refractivity contribution is 7.07. The fraction of sp³-hybridized carbons (Fsp3) is 0.400. The minimum absolute atomic E-state index is 0.280. The van der Waals surface area contributed by atoms with E-state index in [4.69, 9.17) is 4.74 Å². The van der Waals surface area contributed by atoms with E-state index >= 15 is 0 Å². The molecule has 0 spiro atoms. The lowest BCUT2D eigenvalue weighted by atomic mass is 10.1. The van der Waals surface area contributed by atoms with Gasteiger partial charge in [-0.3, -0.25) is 0 Å². The molecule has 1 aromatic heterocycles. The van der Waals surface area contributed by atoms with E-state index in [2.05, 4.69) is 30.3 Å². The molecule has 12 heavy (non-hydrogen) atoms. The highest BCUT2D eigenvalue weighted by Crippen LogP contribution is 2.10. The van der Waals surface area contributed by atoms with E-state index in [1.54, 1.807) is 11.3 Å². The van der Waals surface area contributed by atoms with Crippen LogP contribution in [0.5, 0.6) is 0 Å². The van der Waals surface area contributed by atoms with Crippen LogP contribution in [0.15, 0.2) is 29.7 Å². The lowest BCUT2D eigenvalue weighted by Gasteiger charge is -2.09. The van der Waals surface area contributed by atoms with Gasteiger partial charge in [0.25, 0.3) is 0 Å². The van der Waals surface area contributed by atoms with Gasteiger partial charge in [-0.15, -0.1) is 0 Å². The zero-order valence-electron chi connectivity index (χ0n) is 7.32. The number of hydrogen-bond acceptors (Lipinski definition) is 2. The molecule has 0 aromatic carbocycles. The monoisotopic (exact) mass is 182 g/mol. The van der Waals surface area contributed by atoms with Crippen LogP contribution in [0.2, 0.25) is 0 Å². The first kappa shape index (κ1) is 9.33. The van der Waals surface area contributed by atoms with E-state index in [0.29, 0.717) is 0 Å². The average molecular weight is 182 g/mol. The minimum atomic E-state index is 0.280. The molecule has 0 N–H and O–H groups in total. The first-order valence-electron chi connectivity index (χ1n) is 4.10. The van der Waals surface area contributed by atoms with E-state index in [1.807, 2.05) is 0 Å². The largest absolute Gasteiger partial charge is 0.499 e. The number of thiophene rings is 1. The third-order valence-corrected chi connectivity index (χ3v) is 2.48. The molecule has 66 valence electrons. The zero-order valence-corrected chi connectivity index (χ0v) is 8.14.